The molecule has 1 atom stereocenters. The van der Waals surface area contributed by atoms with Gasteiger partial charge in [0.25, 0.3) is 0 Å². The molecule has 1 aliphatic rings. The molecule has 4 heterocycles. The van der Waals surface area contributed by atoms with E-state index >= 15 is 0 Å². The van der Waals surface area contributed by atoms with Crippen LogP contribution in [0.1, 0.15) is 51.0 Å². The van der Waals surface area contributed by atoms with E-state index in [1.54, 1.807) is 35.1 Å². The second kappa shape index (κ2) is 8.60. The minimum Gasteiger partial charge on any atom is -0.481 e. The molecule has 0 N–H and O–H groups in total. The maximum Gasteiger partial charge on any atom is 0.410 e. The first-order chi connectivity index (χ1) is 15.3. The zero-order valence-corrected chi connectivity index (χ0v) is 18.7. The van der Waals surface area contributed by atoms with Crippen molar-refractivity contribution in [3.63, 3.8) is 0 Å². The molecular formula is C22H27N5O5. The number of nitroso groups, excluding NO2 is 1. The van der Waals surface area contributed by atoms with Crippen LogP contribution < -0.4 is 4.74 Å². The molecule has 10 nitrogen and oxygen atoms in total. The summed E-state index contributed by atoms with van der Waals surface area (Å²) in [7, 11) is 1.58. The molecule has 1 unspecified atom stereocenters. The van der Waals surface area contributed by atoms with Gasteiger partial charge in [0.15, 0.2) is 5.65 Å². The fourth-order valence-corrected chi connectivity index (χ4v) is 3.89. The summed E-state index contributed by atoms with van der Waals surface area (Å²) in [5, 5.41) is 7.27. The van der Waals surface area contributed by atoms with Crippen LogP contribution in [0.3, 0.4) is 0 Å². The van der Waals surface area contributed by atoms with Crippen LogP contribution >= 0.6 is 0 Å². The van der Waals surface area contributed by atoms with E-state index in [4.69, 9.17) is 18.9 Å². The van der Waals surface area contributed by atoms with Crippen molar-refractivity contribution in [3.05, 3.63) is 41.0 Å². The van der Waals surface area contributed by atoms with Gasteiger partial charge < -0.3 is 18.8 Å². The minimum absolute atomic E-state index is 0.0379. The molecule has 0 radical (unpaired) electrons. The van der Waals surface area contributed by atoms with Crippen molar-refractivity contribution in [3.8, 4) is 17.0 Å². The summed E-state index contributed by atoms with van der Waals surface area (Å²) >= 11 is 0. The molecule has 3 aromatic heterocycles. The second-order valence-corrected chi connectivity index (χ2v) is 8.87. The number of likely N-dealkylation sites (tertiary alicyclic amines) is 1. The van der Waals surface area contributed by atoms with Gasteiger partial charge in [0, 0.05) is 36.2 Å². The summed E-state index contributed by atoms with van der Waals surface area (Å²) in [5.41, 5.74) is 2.40. The predicted molar refractivity (Wildman–Crippen MR) is 117 cm³/mol. The molecule has 170 valence electrons. The Morgan fingerprint density at radius 2 is 2.16 bits per heavy atom. The van der Waals surface area contributed by atoms with Gasteiger partial charge in [0.1, 0.15) is 17.9 Å². The van der Waals surface area contributed by atoms with Gasteiger partial charge in [-0.1, -0.05) is 5.18 Å². The van der Waals surface area contributed by atoms with Gasteiger partial charge in [-0.15, -0.1) is 0 Å². The van der Waals surface area contributed by atoms with Gasteiger partial charge >= 0.3 is 6.09 Å². The summed E-state index contributed by atoms with van der Waals surface area (Å²) in [6.45, 7) is 6.72. The van der Waals surface area contributed by atoms with Crippen LogP contribution in [0.15, 0.2) is 34.2 Å². The molecule has 1 saturated heterocycles. The van der Waals surface area contributed by atoms with Crippen LogP contribution in [0.25, 0.3) is 16.8 Å². The van der Waals surface area contributed by atoms with E-state index in [2.05, 4.69) is 10.3 Å². The van der Waals surface area contributed by atoms with Crippen LogP contribution in [-0.2, 0) is 11.3 Å². The smallest absolute Gasteiger partial charge is 0.410 e. The van der Waals surface area contributed by atoms with Crippen molar-refractivity contribution in [2.45, 2.75) is 51.7 Å². The van der Waals surface area contributed by atoms with E-state index in [0.29, 0.717) is 30.4 Å². The molecule has 32 heavy (non-hydrogen) atoms. The van der Waals surface area contributed by atoms with Crippen molar-refractivity contribution < 1.29 is 18.7 Å². The van der Waals surface area contributed by atoms with Crippen LogP contribution in [-0.4, -0.2) is 51.4 Å². The summed E-state index contributed by atoms with van der Waals surface area (Å²) < 4.78 is 18.2. The van der Waals surface area contributed by atoms with Crippen molar-refractivity contribution in [1.82, 2.24) is 19.5 Å². The quantitative estimate of drug-likeness (QED) is 0.540. The van der Waals surface area contributed by atoms with Crippen molar-refractivity contribution in [1.29, 1.82) is 0 Å². The number of fused-ring (bicyclic) bond motifs is 1. The summed E-state index contributed by atoms with van der Waals surface area (Å²) in [6, 6.07) is 3.62. The van der Waals surface area contributed by atoms with Gasteiger partial charge in [-0.25, -0.2) is 9.78 Å². The number of hydrogen-bond donors (Lipinski definition) is 0. The maximum absolute atomic E-state index is 12.6. The number of methoxy groups -OCH3 is 1. The maximum atomic E-state index is 12.6. The lowest BCUT2D eigenvalue weighted by molar-refractivity contribution is 0.0197. The average molecular weight is 441 g/mol. The van der Waals surface area contributed by atoms with E-state index in [-0.39, 0.29) is 18.6 Å². The monoisotopic (exact) mass is 441 g/mol. The number of hydrogen-bond acceptors (Lipinski definition) is 8. The first kappa shape index (κ1) is 21.8. The Balaban J connectivity index is 1.66. The highest BCUT2D eigenvalue weighted by molar-refractivity contribution is 5.77. The molecule has 4 rings (SSSR count). The highest BCUT2D eigenvalue weighted by Crippen LogP contribution is 2.33. The standard InChI is InChI=1S/C22H27N5O5/c1-22(2,3)32-21(28)26-7-5-6-14(12-26)18-9-19(30-4)27-20(25-18)17(11-23-27)15-8-16(10-24-29)31-13-15/h8-9,11,13-14H,5-7,10,12H2,1-4H3. The first-order valence-electron chi connectivity index (χ1n) is 10.6. The third-order valence-electron chi connectivity index (χ3n) is 5.34. The van der Waals surface area contributed by atoms with Crippen molar-refractivity contribution in [2.75, 3.05) is 20.2 Å². The number of amides is 1. The molecule has 1 aliphatic heterocycles. The lowest BCUT2D eigenvalue weighted by Crippen LogP contribution is -2.42. The Kier molecular flexibility index (Phi) is 5.86. The zero-order chi connectivity index (χ0) is 22.9. The van der Waals surface area contributed by atoms with Gasteiger partial charge in [0.05, 0.1) is 25.3 Å². The summed E-state index contributed by atoms with van der Waals surface area (Å²) in [5.74, 6) is 1.05. The van der Waals surface area contributed by atoms with E-state index < -0.39 is 5.60 Å². The largest absolute Gasteiger partial charge is 0.481 e. The van der Waals surface area contributed by atoms with Crippen LogP contribution in [0.4, 0.5) is 4.79 Å². The number of piperidine rings is 1. The van der Waals surface area contributed by atoms with E-state index in [0.717, 1.165) is 29.7 Å². The Labute approximate surface area is 185 Å². The fourth-order valence-electron chi connectivity index (χ4n) is 3.89. The molecular weight excluding hydrogens is 414 g/mol. The molecule has 0 aliphatic carbocycles. The molecule has 3 aromatic rings. The van der Waals surface area contributed by atoms with Gasteiger partial charge in [-0.2, -0.15) is 14.5 Å². The molecule has 0 aromatic carbocycles. The molecule has 10 heteroatoms. The van der Waals surface area contributed by atoms with Gasteiger partial charge in [0.2, 0.25) is 5.88 Å². The molecule has 0 saturated carbocycles. The van der Waals surface area contributed by atoms with E-state index in [1.165, 1.54) is 0 Å². The second-order valence-electron chi connectivity index (χ2n) is 8.87. The van der Waals surface area contributed by atoms with Crippen LogP contribution in [0, 0.1) is 4.91 Å². The number of carbonyl (C=O) groups is 1. The lowest BCUT2D eigenvalue weighted by Gasteiger charge is -2.34. The number of rotatable bonds is 5. The SMILES string of the molecule is COc1cc(C2CCCN(C(=O)OC(C)(C)C)C2)nc2c(-c3coc(CN=O)c3)cnn12. The van der Waals surface area contributed by atoms with Crippen molar-refractivity contribution >= 4 is 11.7 Å². The third-order valence-corrected chi connectivity index (χ3v) is 5.34. The third kappa shape index (κ3) is 4.44. The van der Waals surface area contributed by atoms with Crippen LogP contribution in [0.2, 0.25) is 0 Å². The Hall–Kier alpha value is -3.43. The number of carbonyl (C=O) groups excluding carboxylic acids is 1. The Morgan fingerprint density at radius 1 is 1.34 bits per heavy atom. The lowest BCUT2D eigenvalue weighted by atomic mass is 9.94. The van der Waals surface area contributed by atoms with Crippen LogP contribution in [0.5, 0.6) is 5.88 Å². The van der Waals surface area contributed by atoms with Crippen molar-refractivity contribution in [2.24, 2.45) is 5.18 Å². The Bertz CT molecular complexity index is 1130. The highest BCUT2D eigenvalue weighted by Gasteiger charge is 2.30. The predicted octanol–water partition coefficient (Wildman–Crippen LogP) is 4.38. The summed E-state index contributed by atoms with van der Waals surface area (Å²) in [6.07, 6.45) is 4.69. The highest BCUT2D eigenvalue weighted by atomic mass is 16.6. The first-order valence-corrected chi connectivity index (χ1v) is 10.6. The van der Waals surface area contributed by atoms with Gasteiger partial charge in [-0.05, 0) is 39.7 Å². The number of furan rings is 1. The van der Waals surface area contributed by atoms with Gasteiger partial charge in [-0.3, -0.25) is 0 Å². The van der Waals surface area contributed by atoms with E-state index in [1.807, 2.05) is 26.8 Å². The zero-order valence-electron chi connectivity index (χ0n) is 18.7. The summed E-state index contributed by atoms with van der Waals surface area (Å²) in [4.78, 5) is 29.8. The van der Waals surface area contributed by atoms with E-state index in [9.17, 15) is 9.70 Å². The molecule has 0 bridgehead atoms. The normalized spacial score (nSPS) is 16.9. The number of nitrogens with zero attached hydrogens (tertiary/aromatic N) is 5. The minimum atomic E-state index is -0.542. The Morgan fingerprint density at radius 3 is 2.88 bits per heavy atom. The fraction of sp³-hybridized carbons (Fsp3) is 0.500. The topological polar surface area (TPSA) is 112 Å². The number of ether oxygens (including phenoxy) is 2. The molecule has 1 fully saturated rings. The molecule has 0 spiro atoms. The number of aromatic nitrogens is 3. The molecule has 1 amide bonds. The average Bonchev–Trinajstić information content (AvgIpc) is 3.39.